The van der Waals surface area contributed by atoms with Gasteiger partial charge < -0.3 is 24.6 Å². The number of hydrogen-bond donors (Lipinski definition) is 1. The number of nitrogens with zero attached hydrogens (tertiary/aromatic N) is 3. The second-order valence-electron chi connectivity index (χ2n) is 8.10. The Kier molecular flexibility index (Phi) is 6.45. The van der Waals surface area contributed by atoms with E-state index in [1.807, 2.05) is 19.1 Å². The van der Waals surface area contributed by atoms with E-state index in [-0.39, 0.29) is 30.4 Å². The Hall–Kier alpha value is -3.66. The standard InChI is InChI=1S/C23H26N4O6/c1-15-7-8-18(27(30)31)22(16(15)2)24-21(28)14-26-13-20(23(29)25-9-11-32-12-10-25)33-19-6-4-3-5-17(19)26/h3-8,20H,9-14H2,1-2H3,(H,24,28)/t20-/m0/s1. The van der Waals surface area contributed by atoms with Crippen LogP contribution in [0.2, 0.25) is 0 Å². The smallest absolute Gasteiger partial charge is 0.293 e. The Morgan fingerprint density at radius 2 is 1.88 bits per heavy atom. The summed E-state index contributed by atoms with van der Waals surface area (Å²) < 4.78 is 11.3. The molecule has 10 heteroatoms. The van der Waals surface area contributed by atoms with Crippen molar-refractivity contribution in [2.24, 2.45) is 0 Å². The van der Waals surface area contributed by atoms with Crippen LogP contribution in [0.5, 0.6) is 5.75 Å². The van der Waals surface area contributed by atoms with Crippen LogP contribution in [0.3, 0.4) is 0 Å². The van der Waals surface area contributed by atoms with E-state index in [1.54, 1.807) is 34.9 Å². The molecule has 1 atom stereocenters. The molecule has 33 heavy (non-hydrogen) atoms. The zero-order chi connectivity index (χ0) is 23.5. The molecule has 174 valence electrons. The number of hydrogen-bond acceptors (Lipinski definition) is 7. The van der Waals surface area contributed by atoms with Gasteiger partial charge in [0.1, 0.15) is 11.4 Å². The maximum Gasteiger partial charge on any atom is 0.293 e. The average Bonchev–Trinajstić information content (AvgIpc) is 2.82. The largest absolute Gasteiger partial charge is 0.477 e. The van der Waals surface area contributed by atoms with E-state index in [0.29, 0.717) is 43.3 Å². The van der Waals surface area contributed by atoms with Crippen molar-refractivity contribution < 1.29 is 24.0 Å². The number of aryl methyl sites for hydroxylation is 1. The highest BCUT2D eigenvalue weighted by molar-refractivity contribution is 5.97. The fourth-order valence-corrected chi connectivity index (χ4v) is 4.04. The highest BCUT2D eigenvalue weighted by Gasteiger charge is 2.35. The molecule has 2 aliphatic heterocycles. The fourth-order valence-electron chi connectivity index (χ4n) is 4.04. The second-order valence-corrected chi connectivity index (χ2v) is 8.10. The first-order chi connectivity index (χ1) is 15.8. The third-order valence-electron chi connectivity index (χ3n) is 5.97. The van der Waals surface area contributed by atoms with E-state index in [1.165, 1.54) is 6.07 Å². The quantitative estimate of drug-likeness (QED) is 0.544. The molecule has 2 heterocycles. The summed E-state index contributed by atoms with van der Waals surface area (Å²) in [5, 5.41) is 14.2. The monoisotopic (exact) mass is 454 g/mol. The van der Waals surface area contributed by atoms with Gasteiger partial charge in [-0.05, 0) is 37.1 Å². The minimum atomic E-state index is -0.763. The molecule has 0 saturated carbocycles. The van der Waals surface area contributed by atoms with E-state index < -0.39 is 16.9 Å². The summed E-state index contributed by atoms with van der Waals surface area (Å²) in [6.45, 7) is 5.63. The number of nitro benzene ring substituents is 1. The van der Waals surface area contributed by atoms with Gasteiger partial charge in [0.05, 0.1) is 36.9 Å². The van der Waals surface area contributed by atoms with Crippen molar-refractivity contribution in [3.05, 3.63) is 57.6 Å². The van der Waals surface area contributed by atoms with Crippen LogP contribution in [0.15, 0.2) is 36.4 Å². The molecule has 0 aromatic heterocycles. The molecular formula is C23H26N4O6. The first-order valence-electron chi connectivity index (χ1n) is 10.8. The number of rotatable bonds is 5. The van der Waals surface area contributed by atoms with Crippen LogP contribution < -0.4 is 15.0 Å². The molecule has 1 fully saturated rings. The molecular weight excluding hydrogens is 428 g/mol. The maximum absolute atomic E-state index is 13.0. The van der Waals surface area contributed by atoms with Gasteiger partial charge in [-0.2, -0.15) is 0 Å². The van der Waals surface area contributed by atoms with Crippen LogP contribution in [-0.4, -0.2) is 67.1 Å². The van der Waals surface area contributed by atoms with Crippen molar-refractivity contribution in [1.29, 1.82) is 0 Å². The number of nitrogens with one attached hydrogen (secondary N) is 1. The third kappa shape index (κ3) is 4.75. The normalized spacial score (nSPS) is 17.7. The highest BCUT2D eigenvalue weighted by Crippen LogP contribution is 2.34. The Balaban J connectivity index is 1.54. The number of carbonyl (C=O) groups is 2. The summed E-state index contributed by atoms with van der Waals surface area (Å²) in [6.07, 6.45) is -0.763. The van der Waals surface area contributed by atoms with Crippen molar-refractivity contribution in [3.8, 4) is 5.75 Å². The van der Waals surface area contributed by atoms with E-state index in [0.717, 1.165) is 5.56 Å². The van der Waals surface area contributed by atoms with Crippen molar-refractivity contribution >= 4 is 28.9 Å². The van der Waals surface area contributed by atoms with Crippen LogP contribution >= 0.6 is 0 Å². The molecule has 0 aliphatic carbocycles. The Morgan fingerprint density at radius 1 is 1.15 bits per heavy atom. The van der Waals surface area contributed by atoms with Gasteiger partial charge in [0.15, 0.2) is 6.10 Å². The Morgan fingerprint density at radius 3 is 2.61 bits per heavy atom. The molecule has 4 rings (SSSR count). The maximum atomic E-state index is 13.0. The summed E-state index contributed by atoms with van der Waals surface area (Å²) in [7, 11) is 0. The number of carbonyl (C=O) groups excluding carboxylic acids is 2. The lowest BCUT2D eigenvalue weighted by molar-refractivity contribution is -0.384. The lowest BCUT2D eigenvalue weighted by Crippen LogP contribution is -2.53. The number of para-hydroxylation sites is 2. The SMILES string of the molecule is Cc1ccc([N+](=O)[O-])c(NC(=O)CN2C[C@@H](C(=O)N3CCOCC3)Oc3ccccc32)c1C. The van der Waals surface area contributed by atoms with Crippen LogP contribution in [0.4, 0.5) is 17.1 Å². The minimum absolute atomic E-state index is 0.0855. The zero-order valence-corrected chi connectivity index (χ0v) is 18.6. The third-order valence-corrected chi connectivity index (χ3v) is 5.97. The minimum Gasteiger partial charge on any atom is -0.477 e. The molecule has 1 N–H and O–H groups in total. The van der Waals surface area contributed by atoms with Crippen molar-refractivity contribution in [3.63, 3.8) is 0 Å². The molecule has 10 nitrogen and oxygen atoms in total. The summed E-state index contributed by atoms with van der Waals surface area (Å²) in [6, 6.07) is 10.3. The summed E-state index contributed by atoms with van der Waals surface area (Å²) in [5.41, 5.74) is 2.19. The van der Waals surface area contributed by atoms with Gasteiger partial charge in [0, 0.05) is 19.2 Å². The summed E-state index contributed by atoms with van der Waals surface area (Å²) in [5.74, 6) is -0.0506. The number of morpholine rings is 1. The van der Waals surface area contributed by atoms with Crippen LogP contribution in [0.1, 0.15) is 11.1 Å². The predicted octanol–water partition coefficient (Wildman–Crippen LogP) is 2.28. The number of ether oxygens (including phenoxy) is 2. The molecule has 1 saturated heterocycles. The molecule has 2 aromatic carbocycles. The first kappa shape index (κ1) is 22.5. The van der Waals surface area contributed by atoms with Gasteiger partial charge in [0.25, 0.3) is 11.6 Å². The number of nitro groups is 1. The van der Waals surface area contributed by atoms with Gasteiger partial charge in [-0.15, -0.1) is 0 Å². The predicted molar refractivity (Wildman–Crippen MR) is 122 cm³/mol. The van der Waals surface area contributed by atoms with Crippen molar-refractivity contribution in [2.45, 2.75) is 20.0 Å². The van der Waals surface area contributed by atoms with Gasteiger partial charge in [-0.1, -0.05) is 18.2 Å². The van der Waals surface area contributed by atoms with Crippen LogP contribution in [-0.2, 0) is 14.3 Å². The molecule has 2 aromatic rings. The number of benzene rings is 2. The number of fused-ring (bicyclic) bond motifs is 1. The van der Waals surface area contributed by atoms with E-state index >= 15 is 0 Å². The van der Waals surface area contributed by atoms with Crippen molar-refractivity contribution in [2.75, 3.05) is 49.6 Å². The topological polar surface area (TPSA) is 114 Å². The lowest BCUT2D eigenvalue weighted by atomic mass is 10.1. The Labute approximate surface area is 191 Å². The number of amides is 2. The fraction of sp³-hybridized carbons (Fsp3) is 0.391. The van der Waals surface area contributed by atoms with E-state index in [9.17, 15) is 19.7 Å². The number of anilines is 2. The molecule has 0 spiro atoms. The van der Waals surface area contributed by atoms with E-state index in [4.69, 9.17) is 9.47 Å². The van der Waals surface area contributed by atoms with Gasteiger partial charge in [-0.25, -0.2) is 0 Å². The summed E-state index contributed by atoms with van der Waals surface area (Å²) in [4.78, 5) is 40.4. The average molecular weight is 454 g/mol. The molecule has 2 aliphatic rings. The van der Waals surface area contributed by atoms with Crippen LogP contribution in [0.25, 0.3) is 0 Å². The van der Waals surface area contributed by atoms with Crippen molar-refractivity contribution in [1.82, 2.24) is 4.90 Å². The van der Waals surface area contributed by atoms with Crippen LogP contribution in [0, 0.1) is 24.0 Å². The molecule has 0 unspecified atom stereocenters. The second kappa shape index (κ2) is 9.45. The Bertz CT molecular complexity index is 1080. The highest BCUT2D eigenvalue weighted by atomic mass is 16.6. The first-order valence-corrected chi connectivity index (χ1v) is 10.8. The van der Waals surface area contributed by atoms with E-state index in [2.05, 4.69) is 5.32 Å². The van der Waals surface area contributed by atoms with Gasteiger partial charge in [-0.3, -0.25) is 19.7 Å². The van der Waals surface area contributed by atoms with Gasteiger partial charge in [0.2, 0.25) is 5.91 Å². The molecule has 0 bridgehead atoms. The van der Waals surface area contributed by atoms with Gasteiger partial charge >= 0.3 is 0 Å². The zero-order valence-electron chi connectivity index (χ0n) is 18.6. The lowest BCUT2D eigenvalue weighted by Gasteiger charge is -2.38. The molecule has 2 amide bonds. The molecule has 0 radical (unpaired) electrons. The summed E-state index contributed by atoms with van der Waals surface area (Å²) >= 11 is 0.